The molecule has 1 aromatic carbocycles. The number of nitrogens with two attached hydrogens (primary N) is 1. The number of carboxylic acids is 1. The fourth-order valence-electron chi connectivity index (χ4n) is 1.64. The molecule has 0 fully saturated rings. The second kappa shape index (κ2) is 6.54. The smallest absolute Gasteiger partial charge is 0.317 e. The monoisotopic (exact) mass is 284 g/mol. The van der Waals surface area contributed by atoms with Crippen LogP contribution in [0.1, 0.15) is 29.8 Å². The first-order valence-corrected chi connectivity index (χ1v) is 6.23. The molecule has 19 heavy (non-hydrogen) atoms. The normalized spacial score (nSPS) is 11.0. The van der Waals surface area contributed by atoms with Crippen molar-refractivity contribution >= 4 is 23.5 Å². The minimum absolute atomic E-state index is 0.0639. The van der Waals surface area contributed by atoms with E-state index in [1.807, 2.05) is 13.8 Å². The Morgan fingerprint density at radius 3 is 2.47 bits per heavy atom. The Morgan fingerprint density at radius 2 is 2.05 bits per heavy atom. The van der Waals surface area contributed by atoms with E-state index in [1.54, 1.807) is 17.0 Å². The highest BCUT2D eigenvalue weighted by molar-refractivity contribution is 6.31. The number of amides is 1. The fourth-order valence-corrected chi connectivity index (χ4v) is 1.88. The highest BCUT2D eigenvalue weighted by Crippen LogP contribution is 2.20. The molecule has 0 spiro atoms. The van der Waals surface area contributed by atoms with E-state index in [-0.39, 0.29) is 12.6 Å². The number of primary amides is 1. The van der Waals surface area contributed by atoms with E-state index >= 15 is 0 Å². The summed E-state index contributed by atoms with van der Waals surface area (Å²) in [5, 5.41) is 9.27. The van der Waals surface area contributed by atoms with Gasteiger partial charge in [-0.05, 0) is 31.5 Å². The number of aliphatic carboxylic acids is 1. The third kappa shape index (κ3) is 4.54. The standard InChI is InChI=1S/C13H17ClN2O3/c1-8(2)16(7-12(17)18)6-10-4-3-9(13(15)19)5-11(10)14/h3-5,8H,6-7H2,1-2H3,(H2,15,19)(H,17,18). The molecule has 0 bridgehead atoms. The van der Waals surface area contributed by atoms with Crippen molar-refractivity contribution in [3.05, 3.63) is 34.3 Å². The molecular weight excluding hydrogens is 268 g/mol. The number of rotatable bonds is 6. The molecule has 0 saturated carbocycles. The van der Waals surface area contributed by atoms with E-state index in [9.17, 15) is 9.59 Å². The van der Waals surface area contributed by atoms with Crippen LogP contribution in [0.25, 0.3) is 0 Å². The van der Waals surface area contributed by atoms with Gasteiger partial charge in [0.05, 0.1) is 6.54 Å². The van der Waals surface area contributed by atoms with Crippen LogP contribution < -0.4 is 5.73 Å². The molecule has 1 rings (SSSR count). The lowest BCUT2D eigenvalue weighted by atomic mass is 10.1. The number of hydrogen-bond donors (Lipinski definition) is 2. The molecule has 0 aliphatic rings. The first kappa shape index (κ1) is 15.5. The minimum Gasteiger partial charge on any atom is -0.480 e. The molecule has 0 unspecified atom stereocenters. The fraction of sp³-hybridized carbons (Fsp3) is 0.385. The zero-order valence-corrected chi connectivity index (χ0v) is 11.6. The van der Waals surface area contributed by atoms with E-state index in [2.05, 4.69) is 0 Å². The van der Waals surface area contributed by atoms with Gasteiger partial charge in [0, 0.05) is 23.2 Å². The zero-order valence-electron chi connectivity index (χ0n) is 10.9. The van der Waals surface area contributed by atoms with Gasteiger partial charge in [-0.25, -0.2) is 0 Å². The molecule has 6 heteroatoms. The first-order valence-electron chi connectivity index (χ1n) is 5.85. The molecule has 0 aromatic heterocycles. The van der Waals surface area contributed by atoms with Crippen molar-refractivity contribution in [2.24, 2.45) is 5.73 Å². The van der Waals surface area contributed by atoms with E-state index in [1.165, 1.54) is 6.07 Å². The molecule has 0 atom stereocenters. The second-order valence-electron chi connectivity index (χ2n) is 4.56. The van der Waals surface area contributed by atoms with Crippen molar-refractivity contribution in [2.45, 2.75) is 26.4 Å². The Bertz CT molecular complexity index is 489. The van der Waals surface area contributed by atoms with Crippen LogP contribution in [0.15, 0.2) is 18.2 Å². The Hall–Kier alpha value is -1.59. The molecule has 104 valence electrons. The average molecular weight is 285 g/mol. The SMILES string of the molecule is CC(C)N(CC(=O)O)Cc1ccc(C(N)=O)cc1Cl. The van der Waals surface area contributed by atoms with Gasteiger partial charge in [0.2, 0.25) is 5.91 Å². The van der Waals surface area contributed by atoms with Crippen molar-refractivity contribution in [3.8, 4) is 0 Å². The van der Waals surface area contributed by atoms with Crippen LogP contribution in [0.5, 0.6) is 0 Å². The molecule has 5 nitrogen and oxygen atoms in total. The van der Waals surface area contributed by atoms with Crippen LogP contribution in [0.2, 0.25) is 5.02 Å². The lowest BCUT2D eigenvalue weighted by molar-refractivity contribution is -0.138. The van der Waals surface area contributed by atoms with Crippen LogP contribution in [0.4, 0.5) is 0 Å². The van der Waals surface area contributed by atoms with Gasteiger partial charge in [-0.1, -0.05) is 17.7 Å². The molecule has 0 radical (unpaired) electrons. The summed E-state index contributed by atoms with van der Waals surface area (Å²) in [7, 11) is 0. The van der Waals surface area contributed by atoms with Crippen LogP contribution >= 0.6 is 11.6 Å². The second-order valence-corrected chi connectivity index (χ2v) is 4.97. The molecular formula is C13H17ClN2O3. The topological polar surface area (TPSA) is 83.6 Å². The predicted molar refractivity (Wildman–Crippen MR) is 73.2 cm³/mol. The van der Waals surface area contributed by atoms with Crippen LogP contribution in [-0.2, 0) is 11.3 Å². The zero-order chi connectivity index (χ0) is 14.6. The summed E-state index contributed by atoms with van der Waals surface area (Å²) in [5.41, 5.74) is 6.26. The number of carbonyl (C=O) groups excluding carboxylic acids is 1. The van der Waals surface area contributed by atoms with Crippen molar-refractivity contribution in [3.63, 3.8) is 0 Å². The minimum atomic E-state index is -0.890. The average Bonchev–Trinajstić information content (AvgIpc) is 2.29. The number of benzene rings is 1. The van der Waals surface area contributed by atoms with E-state index in [0.29, 0.717) is 17.1 Å². The molecule has 0 heterocycles. The number of hydrogen-bond acceptors (Lipinski definition) is 3. The summed E-state index contributed by atoms with van der Waals surface area (Å²) in [6, 6.07) is 4.85. The summed E-state index contributed by atoms with van der Waals surface area (Å²) >= 11 is 6.08. The van der Waals surface area contributed by atoms with E-state index in [4.69, 9.17) is 22.4 Å². The number of halogens is 1. The Labute approximate surface area is 117 Å². The Balaban J connectivity index is 2.91. The first-order chi connectivity index (χ1) is 8.81. The van der Waals surface area contributed by atoms with Gasteiger partial charge in [-0.3, -0.25) is 14.5 Å². The molecule has 0 aliphatic heterocycles. The molecule has 1 amide bonds. The van der Waals surface area contributed by atoms with Crippen molar-refractivity contribution in [1.29, 1.82) is 0 Å². The third-order valence-electron chi connectivity index (χ3n) is 2.78. The largest absolute Gasteiger partial charge is 0.480 e. The number of nitrogens with zero attached hydrogens (tertiary/aromatic N) is 1. The lowest BCUT2D eigenvalue weighted by Gasteiger charge is -2.25. The Morgan fingerprint density at radius 1 is 1.42 bits per heavy atom. The maximum absolute atomic E-state index is 11.0. The Kier molecular flexibility index (Phi) is 5.32. The quantitative estimate of drug-likeness (QED) is 0.833. The lowest BCUT2D eigenvalue weighted by Crippen LogP contribution is -2.35. The number of carboxylic acid groups (broad SMARTS) is 1. The summed E-state index contributed by atoms with van der Waals surface area (Å²) in [5.74, 6) is -1.43. The third-order valence-corrected chi connectivity index (χ3v) is 3.13. The highest BCUT2D eigenvalue weighted by atomic mass is 35.5. The predicted octanol–water partition coefficient (Wildman–Crippen LogP) is 1.73. The summed E-state index contributed by atoms with van der Waals surface area (Å²) in [6.45, 7) is 4.16. The van der Waals surface area contributed by atoms with Crippen LogP contribution in [-0.4, -0.2) is 34.5 Å². The van der Waals surface area contributed by atoms with Crippen molar-refractivity contribution in [1.82, 2.24) is 4.90 Å². The van der Waals surface area contributed by atoms with Gasteiger partial charge in [0.25, 0.3) is 0 Å². The number of carbonyl (C=O) groups is 2. The maximum Gasteiger partial charge on any atom is 0.317 e. The molecule has 1 aromatic rings. The molecule has 0 aliphatic carbocycles. The van der Waals surface area contributed by atoms with Crippen molar-refractivity contribution < 1.29 is 14.7 Å². The summed E-state index contributed by atoms with van der Waals surface area (Å²) < 4.78 is 0. The van der Waals surface area contributed by atoms with Crippen molar-refractivity contribution in [2.75, 3.05) is 6.54 Å². The van der Waals surface area contributed by atoms with Crippen LogP contribution in [0.3, 0.4) is 0 Å². The highest BCUT2D eigenvalue weighted by Gasteiger charge is 2.15. The molecule has 3 N–H and O–H groups in total. The van der Waals surface area contributed by atoms with Gasteiger partial charge in [-0.15, -0.1) is 0 Å². The van der Waals surface area contributed by atoms with E-state index < -0.39 is 11.9 Å². The van der Waals surface area contributed by atoms with Gasteiger partial charge < -0.3 is 10.8 Å². The van der Waals surface area contributed by atoms with Gasteiger partial charge in [0.15, 0.2) is 0 Å². The summed E-state index contributed by atoms with van der Waals surface area (Å²) in [6.07, 6.45) is 0. The summed E-state index contributed by atoms with van der Waals surface area (Å²) in [4.78, 5) is 23.6. The van der Waals surface area contributed by atoms with Crippen LogP contribution in [0, 0.1) is 0 Å². The van der Waals surface area contributed by atoms with Gasteiger partial charge >= 0.3 is 5.97 Å². The van der Waals surface area contributed by atoms with Gasteiger partial charge in [0.1, 0.15) is 0 Å². The molecule has 0 saturated heterocycles. The maximum atomic E-state index is 11.0. The van der Waals surface area contributed by atoms with Gasteiger partial charge in [-0.2, -0.15) is 0 Å². The van der Waals surface area contributed by atoms with E-state index in [0.717, 1.165) is 5.56 Å².